The number of nitrogens with one attached hydrogen (secondary N) is 2. The van der Waals surface area contributed by atoms with Crippen molar-refractivity contribution in [2.75, 3.05) is 24.1 Å². The summed E-state index contributed by atoms with van der Waals surface area (Å²) in [6.45, 7) is 0. The molecule has 2 rings (SSSR count). The first-order valence-corrected chi connectivity index (χ1v) is 8.17. The van der Waals surface area contributed by atoms with E-state index in [1.807, 2.05) is 24.3 Å². The van der Waals surface area contributed by atoms with Gasteiger partial charge in [-0.25, -0.2) is 0 Å². The molecule has 0 aliphatic heterocycles. The highest BCUT2D eigenvalue weighted by Crippen LogP contribution is 2.19. The second kappa shape index (κ2) is 6.37. The second-order valence-electron chi connectivity index (χ2n) is 4.33. The lowest BCUT2D eigenvalue weighted by Crippen LogP contribution is -2.29. The van der Waals surface area contributed by atoms with Gasteiger partial charge in [-0.1, -0.05) is 22.0 Å². The molecule has 0 aliphatic rings. The maximum Gasteiger partial charge on any atom is 0.302 e. The summed E-state index contributed by atoms with van der Waals surface area (Å²) >= 11 is 3.38. The van der Waals surface area contributed by atoms with E-state index in [-0.39, 0.29) is 5.82 Å². The number of aromatic nitrogens is 2. The molecule has 1 aromatic carbocycles. The highest BCUT2D eigenvalue weighted by molar-refractivity contribution is 9.10. The summed E-state index contributed by atoms with van der Waals surface area (Å²) in [5, 5.41) is 10.8. The average Bonchev–Trinajstić information content (AvgIpc) is 2.40. The third-order valence-electron chi connectivity index (χ3n) is 2.48. The lowest BCUT2D eigenvalue weighted by atomic mass is 10.3. The Morgan fingerprint density at radius 3 is 2.33 bits per heavy atom. The van der Waals surface area contributed by atoms with Gasteiger partial charge in [0, 0.05) is 24.3 Å². The molecule has 0 saturated heterocycles. The van der Waals surface area contributed by atoms with E-state index in [0.29, 0.717) is 5.82 Å². The van der Waals surface area contributed by atoms with Crippen molar-refractivity contribution in [2.45, 2.75) is 0 Å². The number of anilines is 3. The SMILES string of the molecule is CN(C)S(=O)(=O)Nc1ccc(Nc2cccc(Br)c2)nn1. The van der Waals surface area contributed by atoms with Crippen LogP contribution in [0.5, 0.6) is 0 Å². The Balaban J connectivity index is 2.09. The van der Waals surface area contributed by atoms with Gasteiger partial charge in [0.05, 0.1) is 0 Å². The molecule has 0 amide bonds. The highest BCUT2D eigenvalue weighted by Gasteiger charge is 2.13. The van der Waals surface area contributed by atoms with Gasteiger partial charge in [-0.15, -0.1) is 10.2 Å². The van der Waals surface area contributed by atoms with E-state index in [1.54, 1.807) is 6.07 Å². The van der Waals surface area contributed by atoms with Gasteiger partial charge in [-0.3, -0.25) is 4.72 Å². The number of rotatable bonds is 5. The summed E-state index contributed by atoms with van der Waals surface area (Å²) in [7, 11) is -0.715. The Kier molecular flexibility index (Phi) is 4.76. The average molecular weight is 372 g/mol. The van der Waals surface area contributed by atoms with E-state index < -0.39 is 10.2 Å². The summed E-state index contributed by atoms with van der Waals surface area (Å²) in [4.78, 5) is 0. The van der Waals surface area contributed by atoms with Crippen LogP contribution in [0.2, 0.25) is 0 Å². The third kappa shape index (κ3) is 4.38. The molecule has 21 heavy (non-hydrogen) atoms. The van der Waals surface area contributed by atoms with Crippen LogP contribution < -0.4 is 10.0 Å². The zero-order chi connectivity index (χ0) is 15.5. The molecule has 1 aromatic heterocycles. The normalized spacial score (nSPS) is 11.4. The van der Waals surface area contributed by atoms with Crippen LogP contribution in [0.1, 0.15) is 0 Å². The maximum atomic E-state index is 11.6. The molecule has 2 N–H and O–H groups in total. The zero-order valence-corrected chi connectivity index (χ0v) is 13.8. The van der Waals surface area contributed by atoms with E-state index in [9.17, 15) is 8.42 Å². The van der Waals surface area contributed by atoms with Gasteiger partial charge in [-0.2, -0.15) is 12.7 Å². The number of halogens is 1. The van der Waals surface area contributed by atoms with E-state index in [1.165, 1.54) is 20.2 Å². The Morgan fingerprint density at radius 2 is 1.76 bits per heavy atom. The van der Waals surface area contributed by atoms with Crippen LogP contribution in [0.4, 0.5) is 17.3 Å². The highest BCUT2D eigenvalue weighted by atomic mass is 79.9. The molecule has 9 heteroatoms. The molecule has 0 aliphatic carbocycles. The summed E-state index contributed by atoms with van der Waals surface area (Å²) in [6.07, 6.45) is 0. The van der Waals surface area contributed by atoms with E-state index in [2.05, 4.69) is 36.2 Å². The fourth-order valence-electron chi connectivity index (χ4n) is 1.39. The predicted molar refractivity (Wildman–Crippen MR) is 85.7 cm³/mol. The van der Waals surface area contributed by atoms with Gasteiger partial charge in [0.2, 0.25) is 0 Å². The van der Waals surface area contributed by atoms with Gasteiger partial charge in [0.1, 0.15) is 0 Å². The Labute approximate surface area is 131 Å². The molecular weight excluding hydrogens is 358 g/mol. The molecule has 0 atom stereocenters. The van der Waals surface area contributed by atoms with Crippen LogP contribution in [0.25, 0.3) is 0 Å². The van der Waals surface area contributed by atoms with Crippen LogP contribution in [-0.4, -0.2) is 37.0 Å². The summed E-state index contributed by atoms with van der Waals surface area (Å²) in [5.41, 5.74) is 0.847. The number of hydrogen-bond acceptors (Lipinski definition) is 5. The van der Waals surface area contributed by atoms with Crippen LogP contribution in [0, 0.1) is 0 Å². The molecule has 112 valence electrons. The van der Waals surface area contributed by atoms with E-state index >= 15 is 0 Å². The lowest BCUT2D eigenvalue weighted by molar-refractivity contribution is 0.526. The Bertz CT molecular complexity index is 719. The van der Waals surface area contributed by atoms with Crippen molar-refractivity contribution in [3.05, 3.63) is 40.9 Å². The lowest BCUT2D eigenvalue weighted by Gasteiger charge is -2.12. The van der Waals surface area contributed by atoms with Gasteiger partial charge in [-0.05, 0) is 30.3 Å². The molecular formula is C12H14BrN5O2S. The van der Waals surface area contributed by atoms with Crippen molar-refractivity contribution < 1.29 is 8.42 Å². The molecule has 0 spiro atoms. The van der Waals surface area contributed by atoms with Crippen molar-refractivity contribution in [2.24, 2.45) is 0 Å². The number of hydrogen-bond donors (Lipinski definition) is 2. The fraction of sp³-hybridized carbons (Fsp3) is 0.167. The first-order valence-electron chi connectivity index (χ1n) is 5.93. The number of nitrogens with zero attached hydrogens (tertiary/aromatic N) is 3. The number of benzene rings is 1. The van der Waals surface area contributed by atoms with Crippen molar-refractivity contribution in [3.63, 3.8) is 0 Å². The molecule has 7 nitrogen and oxygen atoms in total. The van der Waals surface area contributed by atoms with Gasteiger partial charge in [0.15, 0.2) is 11.6 Å². The van der Waals surface area contributed by atoms with Crippen molar-refractivity contribution >= 4 is 43.5 Å². The third-order valence-corrected chi connectivity index (χ3v) is 4.40. The van der Waals surface area contributed by atoms with Gasteiger partial charge in [0.25, 0.3) is 0 Å². The largest absolute Gasteiger partial charge is 0.339 e. The van der Waals surface area contributed by atoms with Crippen LogP contribution in [0.15, 0.2) is 40.9 Å². The quantitative estimate of drug-likeness (QED) is 0.840. The maximum absolute atomic E-state index is 11.6. The minimum atomic E-state index is -3.57. The summed E-state index contributed by atoms with van der Waals surface area (Å²) in [6, 6.07) is 10.8. The van der Waals surface area contributed by atoms with Gasteiger partial charge < -0.3 is 5.32 Å². The molecule has 2 aromatic rings. The van der Waals surface area contributed by atoms with Crippen molar-refractivity contribution in [3.8, 4) is 0 Å². The fourth-order valence-corrected chi connectivity index (χ4v) is 2.35. The zero-order valence-electron chi connectivity index (χ0n) is 11.4. The van der Waals surface area contributed by atoms with E-state index in [0.717, 1.165) is 14.5 Å². The molecule has 0 radical (unpaired) electrons. The smallest absolute Gasteiger partial charge is 0.302 e. The van der Waals surface area contributed by atoms with Gasteiger partial charge >= 0.3 is 10.2 Å². The Morgan fingerprint density at radius 1 is 1.10 bits per heavy atom. The monoisotopic (exact) mass is 371 g/mol. The molecule has 0 saturated carbocycles. The van der Waals surface area contributed by atoms with Crippen LogP contribution in [-0.2, 0) is 10.2 Å². The topological polar surface area (TPSA) is 87.2 Å². The first kappa shape index (κ1) is 15.7. The van der Waals surface area contributed by atoms with Crippen LogP contribution in [0.3, 0.4) is 0 Å². The first-order chi connectivity index (χ1) is 9.87. The van der Waals surface area contributed by atoms with Crippen molar-refractivity contribution in [1.82, 2.24) is 14.5 Å². The molecule has 0 fully saturated rings. The summed E-state index contributed by atoms with van der Waals surface area (Å²) < 4.78 is 27.6. The molecule has 0 bridgehead atoms. The second-order valence-corrected chi connectivity index (χ2v) is 7.13. The van der Waals surface area contributed by atoms with Crippen molar-refractivity contribution in [1.29, 1.82) is 0 Å². The van der Waals surface area contributed by atoms with Crippen LogP contribution >= 0.6 is 15.9 Å². The minimum absolute atomic E-state index is 0.156. The van der Waals surface area contributed by atoms with E-state index in [4.69, 9.17) is 0 Å². The Hall–Kier alpha value is -1.71. The molecule has 1 heterocycles. The minimum Gasteiger partial charge on any atom is -0.339 e. The summed E-state index contributed by atoms with van der Waals surface area (Å²) in [5.74, 6) is 0.671. The predicted octanol–water partition coefficient (Wildman–Crippen LogP) is 2.20. The standard InChI is InChI=1S/C12H14BrN5O2S/c1-18(2)21(19,20)17-12-7-6-11(15-16-12)14-10-5-3-4-9(13)8-10/h3-8H,1-2H3,(H,14,15)(H,16,17). The molecule has 0 unspecified atom stereocenters.